The predicted molar refractivity (Wildman–Crippen MR) is 148 cm³/mol. The Bertz CT molecular complexity index is 1440. The van der Waals surface area contributed by atoms with Crippen molar-refractivity contribution in [2.75, 3.05) is 11.1 Å². The van der Waals surface area contributed by atoms with Gasteiger partial charge in [0.05, 0.1) is 17.7 Å². The van der Waals surface area contributed by atoms with E-state index >= 15 is 0 Å². The summed E-state index contributed by atoms with van der Waals surface area (Å²) in [5.41, 5.74) is 5.32. The first-order valence-electron chi connectivity index (χ1n) is 12.6. The zero-order valence-corrected chi connectivity index (χ0v) is 22.3. The van der Waals surface area contributed by atoms with Crippen LogP contribution in [0.5, 0.6) is 0 Å². The Labute approximate surface area is 219 Å². The van der Waals surface area contributed by atoms with Crippen LogP contribution in [-0.4, -0.2) is 26.2 Å². The number of thioether (sulfide) groups is 1. The van der Waals surface area contributed by atoms with Crippen molar-refractivity contribution in [1.82, 2.24) is 14.5 Å². The Kier molecular flexibility index (Phi) is 7.53. The largest absolute Gasteiger partial charge is 0.325 e. The van der Waals surface area contributed by atoms with Crippen LogP contribution in [0.15, 0.2) is 52.7 Å². The quantitative estimate of drug-likeness (QED) is 0.241. The third-order valence-electron chi connectivity index (χ3n) is 6.73. The van der Waals surface area contributed by atoms with Crippen LogP contribution in [0.25, 0.3) is 10.2 Å². The molecule has 6 nitrogen and oxygen atoms in total. The second-order valence-electron chi connectivity index (χ2n) is 9.03. The lowest BCUT2D eigenvalue weighted by Crippen LogP contribution is -2.25. The number of hydrogen-bond acceptors (Lipinski definition) is 6. The molecule has 1 aromatic carbocycles. The van der Waals surface area contributed by atoms with Crippen LogP contribution in [0, 0.1) is 0 Å². The van der Waals surface area contributed by atoms with Crippen LogP contribution >= 0.6 is 23.1 Å². The minimum atomic E-state index is -0.0918. The summed E-state index contributed by atoms with van der Waals surface area (Å²) in [6.45, 7) is 4.59. The number of benzene rings is 1. The zero-order valence-electron chi connectivity index (χ0n) is 20.7. The number of anilines is 1. The van der Waals surface area contributed by atoms with Crippen LogP contribution < -0.4 is 10.9 Å². The molecule has 5 rings (SSSR count). The number of para-hydroxylation sites is 1. The molecule has 8 heteroatoms. The Morgan fingerprint density at radius 2 is 1.81 bits per heavy atom. The molecule has 1 N–H and O–H groups in total. The lowest BCUT2D eigenvalue weighted by Gasteiger charge is -2.15. The lowest BCUT2D eigenvalue weighted by atomic mass is 9.97. The number of pyridine rings is 1. The highest BCUT2D eigenvalue weighted by Crippen LogP contribution is 2.35. The van der Waals surface area contributed by atoms with Crippen molar-refractivity contribution in [2.24, 2.45) is 0 Å². The second kappa shape index (κ2) is 11.0. The fourth-order valence-corrected chi connectivity index (χ4v) is 6.95. The van der Waals surface area contributed by atoms with Gasteiger partial charge in [-0.05, 0) is 72.9 Å². The minimum Gasteiger partial charge on any atom is -0.325 e. The molecule has 0 radical (unpaired) electrons. The number of aryl methyl sites for hydroxylation is 4. The molecule has 0 fully saturated rings. The number of aromatic nitrogens is 3. The van der Waals surface area contributed by atoms with Gasteiger partial charge < -0.3 is 5.32 Å². The van der Waals surface area contributed by atoms with Gasteiger partial charge >= 0.3 is 0 Å². The highest BCUT2D eigenvalue weighted by Gasteiger charge is 2.23. The molecule has 0 atom stereocenters. The highest BCUT2D eigenvalue weighted by molar-refractivity contribution is 7.99. The van der Waals surface area contributed by atoms with Gasteiger partial charge in [-0.3, -0.25) is 19.1 Å². The molecule has 0 unspecified atom stereocenters. The topological polar surface area (TPSA) is 76.9 Å². The number of rotatable bonds is 8. The second-order valence-corrected chi connectivity index (χ2v) is 11.1. The van der Waals surface area contributed by atoms with Crippen LogP contribution in [0.2, 0.25) is 0 Å². The average Bonchev–Trinajstić information content (AvgIpc) is 3.28. The number of hydrogen-bond donors (Lipinski definition) is 1. The number of carbonyl (C=O) groups is 1. The standard InChI is InChI=1S/C28H30N4O2S2/c1-3-19-8-7-9-20(4-2)25(19)30-23(33)17-35-28-31-26-24(21-10-5-6-11-22(21)36-26)27(34)32(28)16-18-12-14-29-15-13-18/h7-9,12-15H,3-6,10-11,16-17H2,1-2H3,(H,30,33). The molecule has 0 saturated heterocycles. The fraction of sp³-hybridized carbons (Fsp3) is 0.357. The number of thiophene rings is 1. The summed E-state index contributed by atoms with van der Waals surface area (Å²) >= 11 is 2.97. The maximum Gasteiger partial charge on any atom is 0.263 e. The van der Waals surface area contributed by atoms with Gasteiger partial charge in [-0.15, -0.1) is 11.3 Å². The van der Waals surface area contributed by atoms with Gasteiger partial charge in [-0.2, -0.15) is 0 Å². The van der Waals surface area contributed by atoms with E-state index in [4.69, 9.17) is 4.98 Å². The summed E-state index contributed by atoms with van der Waals surface area (Å²) in [6.07, 6.45) is 9.39. The van der Waals surface area contributed by atoms with Gasteiger partial charge in [0.15, 0.2) is 5.16 Å². The van der Waals surface area contributed by atoms with E-state index in [1.807, 2.05) is 18.2 Å². The third kappa shape index (κ3) is 4.97. The summed E-state index contributed by atoms with van der Waals surface area (Å²) in [4.78, 5) is 38.0. The molecule has 0 bridgehead atoms. The van der Waals surface area contributed by atoms with E-state index in [1.54, 1.807) is 28.3 Å². The highest BCUT2D eigenvalue weighted by atomic mass is 32.2. The maximum atomic E-state index is 13.8. The number of nitrogens with zero attached hydrogens (tertiary/aromatic N) is 3. The molecule has 3 heterocycles. The van der Waals surface area contributed by atoms with Crippen LogP contribution in [0.3, 0.4) is 0 Å². The maximum absolute atomic E-state index is 13.8. The first-order chi connectivity index (χ1) is 17.6. The smallest absolute Gasteiger partial charge is 0.263 e. The van der Waals surface area contributed by atoms with E-state index in [2.05, 4.69) is 36.3 Å². The third-order valence-corrected chi connectivity index (χ3v) is 8.89. The van der Waals surface area contributed by atoms with Crippen molar-refractivity contribution in [3.05, 3.63) is 80.2 Å². The minimum absolute atomic E-state index is 0.0104. The summed E-state index contributed by atoms with van der Waals surface area (Å²) in [5.74, 6) is 0.0894. The van der Waals surface area contributed by atoms with E-state index in [0.29, 0.717) is 11.7 Å². The van der Waals surface area contributed by atoms with E-state index in [1.165, 1.54) is 22.2 Å². The van der Waals surface area contributed by atoms with Gasteiger partial charge in [0.2, 0.25) is 5.91 Å². The Balaban J connectivity index is 1.47. The molecule has 0 saturated carbocycles. The molecule has 3 aromatic heterocycles. The van der Waals surface area contributed by atoms with Crippen LogP contribution in [0.1, 0.15) is 53.8 Å². The molecule has 1 aliphatic carbocycles. The predicted octanol–water partition coefficient (Wildman–Crippen LogP) is 5.64. The summed E-state index contributed by atoms with van der Waals surface area (Å²) in [5, 5.41) is 4.48. The first kappa shape index (κ1) is 24.7. The van der Waals surface area contributed by atoms with Gasteiger partial charge in [-0.1, -0.05) is 43.8 Å². The molecular weight excluding hydrogens is 488 g/mol. The normalized spacial score (nSPS) is 13.1. The lowest BCUT2D eigenvalue weighted by molar-refractivity contribution is -0.113. The van der Waals surface area contributed by atoms with Gasteiger partial charge in [0, 0.05) is 23.0 Å². The van der Waals surface area contributed by atoms with Crippen molar-refractivity contribution in [3.63, 3.8) is 0 Å². The van der Waals surface area contributed by atoms with Crippen molar-refractivity contribution in [2.45, 2.75) is 64.1 Å². The first-order valence-corrected chi connectivity index (χ1v) is 14.4. The van der Waals surface area contributed by atoms with Gasteiger partial charge in [0.25, 0.3) is 5.56 Å². The molecule has 0 aliphatic heterocycles. The molecule has 1 amide bonds. The Morgan fingerprint density at radius 1 is 1.08 bits per heavy atom. The molecule has 1 aliphatic rings. The SMILES string of the molecule is CCc1cccc(CC)c1NC(=O)CSc1nc2sc3c(c2c(=O)n1Cc1ccncc1)CCCC3. The van der Waals surface area contributed by atoms with Gasteiger partial charge in [-0.25, -0.2) is 4.98 Å². The van der Waals surface area contributed by atoms with Crippen molar-refractivity contribution >= 4 is 44.9 Å². The van der Waals surface area contributed by atoms with E-state index < -0.39 is 0 Å². The van der Waals surface area contributed by atoms with Crippen molar-refractivity contribution < 1.29 is 4.79 Å². The number of fused-ring (bicyclic) bond motifs is 3. The monoisotopic (exact) mass is 518 g/mol. The Morgan fingerprint density at radius 3 is 2.53 bits per heavy atom. The molecule has 0 spiro atoms. The average molecular weight is 519 g/mol. The number of amides is 1. The van der Waals surface area contributed by atoms with E-state index in [-0.39, 0.29) is 17.2 Å². The fourth-order valence-electron chi connectivity index (χ4n) is 4.85. The molecule has 36 heavy (non-hydrogen) atoms. The Hall–Kier alpha value is -2.97. The molecular formula is C28H30N4O2S2. The summed E-state index contributed by atoms with van der Waals surface area (Å²) in [7, 11) is 0. The van der Waals surface area contributed by atoms with E-state index in [9.17, 15) is 9.59 Å². The van der Waals surface area contributed by atoms with Crippen molar-refractivity contribution in [1.29, 1.82) is 0 Å². The number of carbonyl (C=O) groups excluding carboxylic acids is 1. The summed E-state index contributed by atoms with van der Waals surface area (Å²) in [6, 6.07) is 9.98. The zero-order chi connectivity index (χ0) is 25.1. The van der Waals surface area contributed by atoms with E-state index in [0.717, 1.165) is 71.1 Å². The molecule has 186 valence electrons. The molecule has 4 aromatic rings. The summed E-state index contributed by atoms with van der Waals surface area (Å²) < 4.78 is 1.73. The van der Waals surface area contributed by atoms with Gasteiger partial charge in [0.1, 0.15) is 4.83 Å². The number of nitrogens with one attached hydrogen (secondary N) is 1. The van der Waals surface area contributed by atoms with Crippen LogP contribution in [0.4, 0.5) is 5.69 Å². The van der Waals surface area contributed by atoms with Crippen LogP contribution in [-0.2, 0) is 37.0 Å². The van der Waals surface area contributed by atoms with Crippen molar-refractivity contribution in [3.8, 4) is 0 Å².